The zero-order valence-electron chi connectivity index (χ0n) is 17.5. The third-order valence-corrected chi connectivity index (χ3v) is 5.55. The van der Waals surface area contributed by atoms with Crippen LogP contribution in [0.15, 0.2) is 48.5 Å². The van der Waals surface area contributed by atoms with E-state index in [1.807, 2.05) is 53.4 Å². The number of ether oxygens (including phenoxy) is 1. The van der Waals surface area contributed by atoms with Crippen LogP contribution in [-0.2, 0) is 17.8 Å². The molecule has 1 aliphatic heterocycles. The van der Waals surface area contributed by atoms with Crippen molar-refractivity contribution in [3.8, 4) is 5.75 Å². The molecule has 0 aliphatic carbocycles. The van der Waals surface area contributed by atoms with Gasteiger partial charge < -0.3 is 20.7 Å². The Hall–Kier alpha value is -2.57. The highest BCUT2D eigenvalue weighted by atomic mass is 35.5. The van der Waals surface area contributed by atoms with Crippen LogP contribution >= 0.6 is 12.4 Å². The molecule has 3 N–H and O–H groups in total. The smallest absolute Gasteiger partial charge is 0.253 e. The van der Waals surface area contributed by atoms with E-state index in [2.05, 4.69) is 12.2 Å². The molecule has 0 aromatic heterocycles. The van der Waals surface area contributed by atoms with Crippen molar-refractivity contribution in [3.63, 3.8) is 0 Å². The Morgan fingerprint density at radius 3 is 2.30 bits per heavy atom. The van der Waals surface area contributed by atoms with Gasteiger partial charge in [0.1, 0.15) is 5.75 Å². The molecule has 1 fully saturated rings. The molecule has 1 unspecified atom stereocenters. The van der Waals surface area contributed by atoms with Crippen LogP contribution in [0.2, 0.25) is 0 Å². The first-order valence-electron chi connectivity index (χ1n) is 9.90. The highest BCUT2D eigenvalue weighted by Gasteiger charge is 2.35. The van der Waals surface area contributed by atoms with Gasteiger partial charge in [-0.1, -0.05) is 31.2 Å². The van der Waals surface area contributed by atoms with Gasteiger partial charge in [0, 0.05) is 25.2 Å². The van der Waals surface area contributed by atoms with E-state index < -0.39 is 0 Å². The molecule has 0 radical (unpaired) electrons. The van der Waals surface area contributed by atoms with Crippen LogP contribution in [-0.4, -0.2) is 43.5 Å². The van der Waals surface area contributed by atoms with Crippen molar-refractivity contribution >= 4 is 24.2 Å². The molecule has 162 valence electrons. The Bertz CT molecular complexity index is 855. The van der Waals surface area contributed by atoms with Gasteiger partial charge in [0.05, 0.1) is 13.5 Å². The van der Waals surface area contributed by atoms with Gasteiger partial charge in [-0.05, 0) is 53.8 Å². The predicted octanol–water partition coefficient (Wildman–Crippen LogP) is 2.79. The first-order valence-corrected chi connectivity index (χ1v) is 9.90. The summed E-state index contributed by atoms with van der Waals surface area (Å²) in [5.41, 5.74) is 8.40. The maximum atomic E-state index is 12.7. The highest BCUT2D eigenvalue weighted by molar-refractivity contribution is 5.94. The Morgan fingerprint density at radius 1 is 1.10 bits per heavy atom. The van der Waals surface area contributed by atoms with E-state index in [0.29, 0.717) is 31.6 Å². The third-order valence-electron chi connectivity index (χ3n) is 5.55. The minimum atomic E-state index is -0.0477. The van der Waals surface area contributed by atoms with E-state index in [0.717, 1.165) is 29.8 Å². The second-order valence-corrected chi connectivity index (χ2v) is 7.99. The highest BCUT2D eigenvalue weighted by Crippen LogP contribution is 2.29. The lowest BCUT2D eigenvalue weighted by molar-refractivity contribution is -0.120. The topological polar surface area (TPSA) is 84.7 Å². The van der Waals surface area contributed by atoms with Gasteiger partial charge in [-0.2, -0.15) is 0 Å². The minimum Gasteiger partial charge on any atom is -0.497 e. The van der Waals surface area contributed by atoms with Crippen molar-refractivity contribution in [2.75, 3.05) is 26.7 Å². The first-order chi connectivity index (χ1) is 13.9. The molecule has 3 rings (SSSR count). The zero-order chi connectivity index (χ0) is 20.9. The van der Waals surface area contributed by atoms with Crippen molar-refractivity contribution in [2.45, 2.75) is 26.3 Å². The molecular weight excluding hydrogens is 402 g/mol. The molecule has 6 nitrogen and oxygen atoms in total. The minimum absolute atomic E-state index is 0. The van der Waals surface area contributed by atoms with Gasteiger partial charge in [0.15, 0.2) is 0 Å². The van der Waals surface area contributed by atoms with Crippen molar-refractivity contribution in [3.05, 3.63) is 65.2 Å². The van der Waals surface area contributed by atoms with Gasteiger partial charge >= 0.3 is 0 Å². The summed E-state index contributed by atoms with van der Waals surface area (Å²) in [5, 5.41) is 2.92. The largest absolute Gasteiger partial charge is 0.497 e. The van der Waals surface area contributed by atoms with Crippen LogP contribution < -0.4 is 15.8 Å². The molecule has 0 spiro atoms. The summed E-state index contributed by atoms with van der Waals surface area (Å²) < 4.78 is 5.12. The lowest BCUT2D eigenvalue weighted by atomic mass is 9.90. The Kier molecular flexibility index (Phi) is 8.26. The van der Waals surface area contributed by atoms with E-state index in [1.165, 1.54) is 0 Å². The number of rotatable bonds is 7. The third kappa shape index (κ3) is 5.97. The maximum absolute atomic E-state index is 12.7. The number of carbonyl (C=O) groups excluding carboxylic acids is 2. The van der Waals surface area contributed by atoms with Crippen LogP contribution in [0.25, 0.3) is 0 Å². The second-order valence-electron chi connectivity index (χ2n) is 7.99. The number of benzene rings is 2. The summed E-state index contributed by atoms with van der Waals surface area (Å²) in [6, 6.07) is 14.9. The van der Waals surface area contributed by atoms with Gasteiger partial charge in [-0.25, -0.2) is 0 Å². The van der Waals surface area contributed by atoms with E-state index in [9.17, 15) is 9.59 Å². The monoisotopic (exact) mass is 431 g/mol. The molecule has 0 saturated carbocycles. The number of carbonyl (C=O) groups is 2. The second kappa shape index (κ2) is 10.5. The number of hydrogen-bond acceptors (Lipinski definition) is 4. The fourth-order valence-electron chi connectivity index (χ4n) is 3.50. The summed E-state index contributed by atoms with van der Waals surface area (Å²) in [5.74, 6) is 0.760. The zero-order valence-corrected chi connectivity index (χ0v) is 18.3. The van der Waals surface area contributed by atoms with E-state index in [4.69, 9.17) is 10.5 Å². The molecule has 1 saturated heterocycles. The standard InChI is InChI=1S/C23H29N3O3.ClH/c1-23(15-24)11-12-26(16-23)22(28)19-7-3-18(4-8-19)14-25-21(27)13-17-5-9-20(29-2)10-6-17;/h3-10H,11-16,24H2,1-2H3,(H,25,27);1H. The number of nitrogens with one attached hydrogen (secondary N) is 1. The Balaban J connectivity index is 0.00000320. The summed E-state index contributed by atoms with van der Waals surface area (Å²) in [6.07, 6.45) is 1.25. The quantitative estimate of drug-likeness (QED) is 0.706. The van der Waals surface area contributed by atoms with Crippen LogP contribution in [0.4, 0.5) is 0 Å². The molecule has 30 heavy (non-hydrogen) atoms. The number of nitrogens with zero attached hydrogens (tertiary/aromatic N) is 1. The molecular formula is C23H30ClN3O3. The fraction of sp³-hybridized carbons (Fsp3) is 0.391. The van der Waals surface area contributed by atoms with Crippen molar-refractivity contribution in [1.29, 1.82) is 0 Å². The van der Waals surface area contributed by atoms with Gasteiger partial charge in [-0.15, -0.1) is 12.4 Å². The van der Waals surface area contributed by atoms with E-state index in [-0.39, 0.29) is 29.6 Å². The average molecular weight is 432 g/mol. The van der Waals surface area contributed by atoms with Crippen molar-refractivity contribution in [2.24, 2.45) is 11.1 Å². The molecule has 2 aromatic rings. The predicted molar refractivity (Wildman–Crippen MR) is 120 cm³/mol. The number of halogens is 1. The molecule has 2 amide bonds. The SMILES string of the molecule is COc1ccc(CC(=O)NCc2ccc(C(=O)N3CCC(C)(CN)C3)cc2)cc1.Cl. The van der Waals surface area contributed by atoms with Crippen molar-refractivity contribution in [1.82, 2.24) is 10.2 Å². The lowest BCUT2D eigenvalue weighted by Gasteiger charge is -2.22. The maximum Gasteiger partial charge on any atom is 0.253 e. The Morgan fingerprint density at radius 2 is 1.73 bits per heavy atom. The summed E-state index contributed by atoms with van der Waals surface area (Å²) in [6.45, 7) is 4.59. The van der Waals surface area contributed by atoms with Crippen molar-refractivity contribution < 1.29 is 14.3 Å². The van der Waals surface area contributed by atoms with Gasteiger partial charge in [-0.3, -0.25) is 9.59 Å². The lowest BCUT2D eigenvalue weighted by Crippen LogP contribution is -2.34. The van der Waals surface area contributed by atoms with Crippen LogP contribution in [0.1, 0.15) is 34.8 Å². The number of likely N-dealkylation sites (tertiary alicyclic amines) is 1. The molecule has 1 aliphatic rings. The van der Waals surface area contributed by atoms with Gasteiger partial charge in [0.2, 0.25) is 5.91 Å². The summed E-state index contributed by atoms with van der Waals surface area (Å²) in [7, 11) is 1.61. The molecule has 2 aromatic carbocycles. The summed E-state index contributed by atoms with van der Waals surface area (Å²) >= 11 is 0. The molecule has 1 atom stereocenters. The van der Waals surface area contributed by atoms with Crippen LogP contribution in [0.3, 0.4) is 0 Å². The molecule has 1 heterocycles. The van der Waals surface area contributed by atoms with Gasteiger partial charge in [0.25, 0.3) is 5.91 Å². The fourth-order valence-corrected chi connectivity index (χ4v) is 3.50. The number of methoxy groups -OCH3 is 1. The Labute approximate surface area is 184 Å². The normalized spacial score (nSPS) is 17.9. The average Bonchev–Trinajstić information content (AvgIpc) is 3.15. The van der Waals surface area contributed by atoms with E-state index >= 15 is 0 Å². The van der Waals surface area contributed by atoms with Crippen LogP contribution in [0.5, 0.6) is 5.75 Å². The van der Waals surface area contributed by atoms with Crippen LogP contribution in [0, 0.1) is 5.41 Å². The summed E-state index contributed by atoms with van der Waals surface area (Å²) in [4.78, 5) is 26.7. The first kappa shape index (κ1) is 23.7. The molecule has 0 bridgehead atoms. The van der Waals surface area contributed by atoms with E-state index in [1.54, 1.807) is 7.11 Å². The molecule has 7 heteroatoms. The number of hydrogen-bond donors (Lipinski definition) is 2. The number of nitrogens with two attached hydrogens (primary N) is 1. The number of amides is 2.